The molecular weight excluding hydrogens is 555 g/mol. The zero-order chi connectivity index (χ0) is 29.1. The summed E-state index contributed by atoms with van der Waals surface area (Å²) < 4.78 is 15.9. The van der Waals surface area contributed by atoms with Gasteiger partial charge in [0.2, 0.25) is 0 Å². The van der Waals surface area contributed by atoms with E-state index in [0.29, 0.717) is 12.0 Å². The van der Waals surface area contributed by atoms with Crippen LogP contribution in [0.3, 0.4) is 0 Å². The van der Waals surface area contributed by atoms with Crippen molar-refractivity contribution in [3.8, 4) is 17.2 Å². The van der Waals surface area contributed by atoms with Crippen LogP contribution in [0.25, 0.3) is 5.76 Å². The molecule has 3 aromatic carbocycles. The molecule has 210 valence electrons. The monoisotopic (exact) mass is 584 g/mol. The average molecular weight is 585 g/mol. The van der Waals surface area contributed by atoms with E-state index in [2.05, 4.69) is 0 Å². The Morgan fingerprint density at radius 1 is 0.925 bits per heavy atom. The maximum atomic E-state index is 13.5. The minimum atomic E-state index is -0.862. The zero-order valence-electron chi connectivity index (χ0n) is 22.8. The summed E-state index contributed by atoms with van der Waals surface area (Å²) in [5, 5.41) is 11.7. The van der Waals surface area contributed by atoms with Crippen molar-refractivity contribution >= 4 is 46.3 Å². The fraction of sp³-hybridized carbons (Fsp3) is 0.267. The van der Waals surface area contributed by atoms with Gasteiger partial charge in [0.05, 0.1) is 43.5 Å². The van der Waals surface area contributed by atoms with Crippen molar-refractivity contribution in [2.45, 2.75) is 12.5 Å². The number of hydrogen-bond donors (Lipinski definition) is 1. The average Bonchev–Trinajstić information content (AvgIpc) is 3.21. The lowest BCUT2D eigenvalue weighted by atomic mass is 9.94. The number of halogens is 2. The second-order valence-electron chi connectivity index (χ2n) is 9.36. The maximum absolute atomic E-state index is 13.5. The van der Waals surface area contributed by atoms with Crippen molar-refractivity contribution in [2.24, 2.45) is 0 Å². The van der Waals surface area contributed by atoms with Crippen LogP contribution in [0.1, 0.15) is 22.7 Å². The molecule has 3 aromatic rings. The predicted molar refractivity (Wildman–Crippen MR) is 156 cm³/mol. The summed E-state index contributed by atoms with van der Waals surface area (Å²) in [6.07, 6.45) is 0.479. The molecule has 4 rings (SSSR count). The van der Waals surface area contributed by atoms with Gasteiger partial charge in [-0.3, -0.25) is 9.59 Å². The minimum Gasteiger partial charge on any atom is -0.507 e. The molecule has 40 heavy (non-hydrogen) atoms. The molecule has 1 aliphatic heterocycles. The minimum absolute atomic E-state index is 0.0275. The third-order valence-electron chi connectivity index (χ3n) is 6.86. The standard InChI is InChI=1S/C30H30Cl2N2O6/c1-33(2)19-10-8-18(9-11-19)25-23(26(35)21-16-22(31)29(40-5)24(32)28(21)39-4)27(36)30(37)34(25)15-14-17-6-12-20(38-3)13-7-17/h6-13,16,25,35H,14-15H2,1-5H3/b26-23+. The number of ether oxygens (including phenoxy) is 3. The second kappa shape index (κ2) is 12.1. The molecule has 0 aliphatic carbocycles. The number of rotatable bonds is 9. The van der Waals surface area contributed by atoms with E-state index in [4.69, 9.17) is 37.4 Å². The fourth-order valence-electron chi connectivity index (χ4n) is 4.75. The van der Waals surface area contributed by atoms with E-state index in [1.807, 2.05) is 67.5 Å². The van der Waals surface area contributed by atoms with Gasteiger partial charge in [-0.15, -0.1) is 0 Å². The van der Waals surface area contributed by atoms with Crippen molar-refractivity contribution in [3.63, 3.8) is 0 Å². The lowest BCUT2D eigenvalue weighted by Crippen LogP contribution is -2.31. The molecule has 1 heterocycles. The summed E-state index contributed by atoms with van der Waals surface area (Å²) in [4.78, 5) is 30.3. The first-order valence-corrected chi connectivity index (χ1v) is 13.2. The Bertz CT molecular complexity index is 1450. The number of ketones is 1. The van der Waals surface area contributed by atoms with Gasteiger partial charge in [0.15, 0.2) is 11.5 Å². The maximum Gasteiger partial charge on any atom is 0.295 e. The van der Waals surface area contributed by atoms with Crippen molar-refractivity contribution in [3.05, 3.63) is 86.9 Å². The summed E-state index contributed by atoms with van der Waals surface area (Å²) in [7, 11) is 8.20. The number of likely N-dealkylation sites (tertiary alicyclic amines) is 1. The molecule has 1 aliphatic rings. The van der Waals surface area contributed by atoms with E-state index in [9.17, 15) is 14.7 Å². The van der Waals surface area contributed by atoms with E-state index in [0.717, 1.165) is 17.0 Å². The highest BCUT2D eigenvalue weighted by Gasteiger charge is 2.46. The number of nitrogens with zero attached hydrogens (tertiary/aromatic N) is 2. The van der Waals surface area contributed by atoms with E-state index < -0.39 is 23.5 Å². The molecule has 0 saturated carbocycles. The van der Waals surface area contributed by atoms with Gasteiger partial charge in [-0.25, -0.2) is 0 Å². The van der Waals surface area contributed by atoms with Crippen LogP contribution >= 0.6 is 23.2 Å². The van der Waals surface area contributed by atoms with E-state index in [1.54, 1.807) is 7.11 Å². The Morgan fingerprint density at radius 2 is 1.55 bits per heavy atom. The Morgan fingerprint density at radius 3 is 2.10 bits per heavy atom. The summed E-state index contributed by atoms with van der Waals surface area (Å²) in [5.41, 5.74) is 2.54. The second-order valence-corrected chi connectivity index (χ2v) is 10.1. The van der Waals surface area contributed by atoms with Crippen LogP contribution in [0.4, 0.5) is 5.69 Å². The van der Waals surface area contributed by atoms with Gasteiger partial charge in [0.25, 0.3) is 11.7 Å². The molecule has 0 aromatic heterocycles. The fourth-order valence-corrected chi connectivity index (χ4v) is 5.43. The lowest BCUT2D eigenvalue weighted by molar-refractivity contribution is -0.139. The molecule has 1 saturated heterocycles. The molecular formula is C30H30Cl2N2O6. The molecule has 0 spiro atoms. The van der Waals surface area contributed by atoms with Crippen LogP contribution in [0, 0.1) is 0 Å². The molecule has 0 bridgehead atoms. The quantitative estimate of drug-likeness (QED) is 0.194. The number of carbonyl (C=O) groups excluding carboxylic acids is 2. The van der Waals surface area contributed by atoms with Gasteiger partial charge < -0.3 is 29.1 Å². The van der Waals surface area contributed by atoms with Crippen molar-refractivity contribution in [2.75, 3.05) is 46.9 Å². The van der Waals surface area contributed by atoms with E-state index >= 15 is 0 Å². The number of aliphatic hydroxyl groups excluding tert-OH is 1. The first kappa shape index (κ1) is 29.1. The third kappa shape index (κ3) is 5.42. The highest BCUT2D eigenvalue weighted by molar-refractivity contribution is 6.47. The van der Waals surface area contributed by atoms with Crippen molar-refractivity contribution in [1.82, 2.24) is 4.90 Å². The van der Waals surface area contributed by atoms with Crippen LogP contribution < -0.4 is 19.1 Å². The highest BCUT2D eigenvalue weighted by atomic mass is 35.5. The predicted octanol–water partition coefficient (Wildman–Crippen LogP) is 5.75. The number of methoxy groups -OCH3 is 3. The van der Waals surface area contributed by atoms with Gasteiger partial charge in [-0.1, -0.05) is 47.5 Å². The highest BCUT2D eigenvalue weighted by Crippen LogP contribution is 2.47. The first-order chi connectivity index (χ1) is 19.1. The summed E-state index contributed by atoms with van der Waals surface area (Å²) in [6, 6.07) is 15.5. The number of hydrogen-bond acceptors (Lipinski definition) is 7. The van der Waals surface area contributed by atoms with Crippen LogP contribution in [-0.2, 0) is 16.0 Å². The lowest BCUT2D eigenvalue weighted by Gasteiger charge is -2.26. The van der Waals surface area contributed by atoms with E-state index in [-0.39, 0.29) is 39.2 Å². The summed E-state index contributed by atoms with van der Waals surface area (Å²) in [6.45, 7) is 0.231. The van der Waals surface area contributed by atoms with Crippen LogP contribution in [0.15, 0.2) is 60.2 Å². The van der Waals surface area contributed by atoms with E-state index in [1.165, 1.54) is 25.2 Å². The Hall–Kier alpha value is -3.88. The molecule has 0 radical (unpaired) electrons. The first-order valence-electron chi connectivity index (χ1n) is 12.4. The van der Waals surface area contributed by atoms with Gasteiger partial charge in [0, 0.05) is 26.3 Å². The molecule has 1 fully saturated rings. The smallest absolute Gasteiger partial charge is 0.295 e. The van der Waals surface area contributed by atoms with Crippen LogP contribution in [0.2, 0.25) is 10.0 Å². The normalized spacial score (nSPS) is 16.3. The zero-order valence-corrected chi connectivity index (χ0v) is 24.3. The third-order valence-corrected chi connectivity index (χ3v) is 7.48. The summed E-state index contributed by atoms with van der Waals surface area (Å²) in [5.74, 6) is -1.05. The number of benzene rings is 3. The molecule has 10 heteroatoms. The van der Waals surface area contributed by atoms with Crippen LogP contribution in [0.5, 0.6) is 17.2 Å². The SMILES string of the molecule is COc1ccc(CCN2C(=O)C(=O)/C(=C(/O)c3cc(Cl)c(OC)c(Cl)c3OC)C2c2ccc(N(C)C)cc2)cc1. The summed E-state index contributed by atoms with van der Waals surface area (Å²) >= 11 is 12.8. The molecule has 1 unspecified atom stereocenters. The Balaban J connectivity index is 1.85. The number of Topliss-reactive ketones (excluding diaryl/α,β-unsaturated/α-hetero) is 1. The van der Waals surface area contributed by atoms with Gasteiger partial charge >= 0.3 is 0 Å². The van der Waals surface area contributed by atoms with Gasteiger partial charge in [0.1, 0.15) is 16.5 Å². The number of aliphatic hydroxyl groups is 1. The Labute approximate surface area is 243 Å². The molecule has 1 amide bonds. The van der Waals surface area contributed by atoms with Crippen molar-refractivity contribution in [1.29, 1.82) is 0 Å². The van der Waals surface area contributed by atoms with Crippen molar-refractivity contribution < 1.29 is 28.9 Å². The number of carbonyl (C=O) groups is 2. The van der Waals surface area contributed by atoms with Crippen LogP contribution in [-0.4, -0.2) is 63.7 Å². The van der Waals surface area contributed by atoms with Gasteiger partial charge in [-0.05, 0) is 47.9 Å². The molecule has 1 N–H and O–H groups in total. The molecule has 1 atom stereocenters. The number of amides is 1. The van der Waals surface area contributed by atoms with Gasteiger partial charge in [-0.2, -0.15) is 0 Å². The molecule has 8 nitrogen and oxygen atoms in total. The largest absolute Gasteiger partial charge is 0.507 e. The number of anilines is 1. The topological polar surface area (TPSA) is 88.5 Å². The Kier molecular flexibility index (Phi) is 8.81.